The number of para-hydroxylation sites is 1. The Morgan fingerprint density at radius 1 is 1.22 bits per heavy atom. The van der Waals surface area contributed by atoms with Crippen molar-refractivity contribution in [1.82, 2.24) is 9.97 Å². The summed E-state index contributed by atoms with van der Waals surface area (Å²) in [5, 5.41) is 3.83. The Balaban J connectivity index is 2.41. The molecule has 3 nitrogen and oxygen atoms in total. The van der Waals surface area contributed by atoms with Crippen LogP contribution in [0.2, 0.25) is 5.15 Å². The lowest BCUT2D eigenvalue weighted by molar-refractivity contribution is 0.850. The number of anilines is 2. The zero-order valence-electron chi connectivity index (χ0n) is 10.1. The van der Waals surface area contributed by atoms with Crippen molar-refractivity contribution >= 4 is 45.7 Å². The van der Waals surface area contributed by atoms with E-state index in [-0.39, 0.29) is 5.92 Å². The molecule has 2 rings (SSSR count). The van der Waals surface area contributed by atoms with E-state index in [0.717, 1.165) is 20.6 Å². The Bertz CT molecular complexity index is 558. The van der Waals surface area contributed by atoms with Gasteiger partial charge in [0, 0.05) is 9.13 Å². The summed E-state index contributed by atoms with van der Waals surface area (Å²) >= 11 is 8.42. The van der Waals surface area contributed by atoms with Crippen molar-refractivity contribution in [3.05, 3.63) is 44.9 Å². The van der Waals surface area contributed by atoms with Gasteiger partial charge in [-0.15, -0.1) is 0 Å². The molecule has 94 valence electrons. The largest absolute Gasteiger partial charge is 0.339 e. The Morgan fingerprint density at radius 2 is 1.94 bits per heavy atom. The van der Waals surface area contributed by atoms with Crippen LogP contribution in [-0.2, 0) is 0 Å². The minimum absolute atomic E-state index is 0.266. The number of nitrogens with zero attached hydrogens (tertiary/aromatic N) is 2. The lowest BCUT2D eigenvalue weighted by Gasteiger charge is -2.15. The fraction of sp³-hybridized carbons (Fsp3) is 0.231. The van der Waals surface area contributed by atoms with Crippen molar-refractivity contribution in [1.29, 1.82) is 0 Å². The van der Waals surface area contributed by atoms with E-state index in [9.17, 15) is 0 Å². The second-order valence-electron chi connectivity index (χ2n) is 4.19. The van der Waals surface area contributed by atoms with Gasteiger partial charge in [-0.1, -0.05) is 37.6 Å². The Hall–Kier alpha value is -0.880. The van der Waals surface area contributed by atoms with Crippen LogP contribution in [0, 0.1) is 3.57 Å². The number of aromatic nitrogens is 2. The van der Waals surface area contributed by atoms with E-state index in [1.165, 1.54) is 6.33 Å². The number of nitrogens with one attached hydrogen (secondary N) is 1. The summed E-state index contributed by atoms with van der Waals surface area (Å²) in [4.78, 5) is 8.32. The Kier molecular flexibility index (Phi) is 4.40. The molecule has 0 saturated carbocycles. The van der Waals surface area contributed by atoms with Crippen molar-refractivity contribution < 1.29 is 0 Å². The average Bonchev–Trinajstić information content (AvgIpc) is 2.31. The van der Waals surface area contributed by atoms with Crippen LogP contribution in [-0.4, -0.2) is 9.97 Å². The van der Waals surface area contributed by atoms with Crippen molar-refractivity contribution in [2.45, 2.75) is 19.8 Å². The molecule has 0 aliphatic rings. The monoisotopic (exact) mass is 373 g/mol. The molecule has 5 heteroatoms. The molecule has 0 spiro atoms. The predicted molar refractivity (Wildman–Crippen MR) is 83.6 cm³/mol. The smallest absolute Gasteiger partial charge is 0.138 e. The van der Waals surface area contributed by atoms with Crippen LogP contribution in [0.4, 0.5) is 11.5 Å². The minimum atomic E-state index is 0.266. The minimum Gasteiger partial charge on any atom is -0.339 e. The maximum Gasteiger partial charge on any atom is 0.138 e. The first-order valence-corrected chi connectivity index (χ1v) is 7.07. The highest BCUT2D eigenvalue weighted by atomic mass is 127. The van der Waals surface area contributed by atoms with Crippen LogP contribution in [0.15, 0.2) is 30.6 Å². The molecule has 0 atom stereocenters. The number of hydrogen-bond acceptors (Lipinski definition) is 3. The molecule has 1 N–H and O–H groups in total. The van der Waals surface area contributed by atoms with E-state index in [0.29, 0.717) is 5.15 Å². The van der Waals surface area contributed by atoms with E-state index >= 15 is 0 Å². The lowest BCUT2D eigenvalue weighted by atomic mass is 10.1. The normalized spacial score (nSPS) is 10.7. The number of rotatable bonds is 3. The zero-order chi connectivity index (χ0) is 13.1. The Morgan fingerprint density at radius 3 is 2.61 bits per heavy atom. The van der Waals surface area contributed by atoms with E-state index in [4.69, 9.17) is 11.6 Å². The van der Waals surface area contributed by atoms with E-state index < -0.39 is 0 Å². The standard InChI is InChI=1S/C13H13ClIN3/c1-8(2)11-12(14)16-7-17-13(11)18-10-6-4-3-5-9(10)15/h3-8H,1-2H3,(H,16,17,18). The SMILES string of the molecule is CC(C)c1c(Cl)ncnc1Nc1ccccc1I. The molecule has 1 heterocycles. The first-order valence-electron chi connectivity index (χ1n) is 5.61. The average molecular weight is 374 g/mol. The fourth-order valence-electron chi connectivity index (χ4n) is 1.68. The summed E-state index contributed by atoms with van der Waals surface area (Å²) in [5.41, 5.74) is 1.97. The molecule has 18 heavy (non-hydrogen) atoms. The third kappa shape index (κ3) is 2.92. The number of benzene rings is 1. The summed E-state index contributed by atoms with van der Waals surface area (Å²) in [6.07, 6.45) is 1.48. The third-order valence-electron chi connectivity index (χ3n) is 2.54. The van der Waals surface area contributed by atoms with Gasteiger partial charge in [0.25, 0.3) is 0 Å². The fourth-order valence-corrected chi connectivity index (χ4v) is 2.55. The molecule has 1 aromatic heterocycles. The van der Waals surface area contributed by atoms with Gasteiger partial charge in [-0.2, -0.15) is 0 Å². The van der Waals surface area contributed by atoms with Crippen molar-refractivity contribution in [3.63, 3.8) is 0 Å². The lowest BCUT2D eigenvalue weighted by Crippen LogP contribution is -2.03. The Labute approximate surface area is 125 Å². The molecule has 1 aromatic carbocycles. The van der Waals surface area contributed by atoms with Gasteiger partial charge in [0.05, 0.1) is 5.69 Å². The summed E-state index contributed by atoms with van der Waals surface area (Å²) in [7, 11) is 0. The molecule has 0 radical (unpaired) electrons. The summed E-state index contributed by atoms with van der Waals surface area (Å²) in [5.74, 6) is 1.04. The van der Waals surface area contributed by atoms with Crippen LogP contribution in [0.3, 0.4) is 0 Å². The van der Waals surface area contributed by atoms with Gasteiger partial charge < -0.3 is 5.32 Å². The van der Waals surface area contributed by atoms with Crippen molar-refractivity contribution in [2.24, 2.45) is 0 Å². The molecule has 0 bridgehead atoms. The highest BCUT2D eigenvalue weighted by molar-refractivity contribution is 14.1. The molecule has 2 aromatic rings. The number of hydrogen-bond donors (Lipinski definition) is 1. The van der Waals surface area contributed by atoms with Gasteiger partial charge in [0.15, 0.2) is 0 Å². The quantitative estimate of drug-likeness (QED) is 0.631. The first-order chi connectivity index (χ1) is 8.59. The highest BCUT2D eigenvalue weighted by Crippen LogP contribution is 2.31. The maximum atomic E-state index is 6.14. The van der Waals surface area contributed by atoms with Crippen molar-refractivity contribution in [2.75, 3.05) is 5.32 Å². The van der Waals surface area contributed by atoms with Gasteiger partial charge in [0.2, 0.25) is 0 Å². The van der Waals surface area contributed by atoms with E-state index in [2.05, 4.69) is 51.7 Å². The maximum absolute atomic E-state index is 6.14. The van der Waals surface area contributed by atoms with Gasteiger partial charge in [-0.05, 0) is 40.6 Å². The second kappa shape index (κ2) is 5.84. The number of halogens is 2. The molecular weight excluding hydrogens is 361 g/mol. The zero-order valence-corrected chi connectivity index (χ0v) is 13.0. The summed E-state index contributed by atoms with van der Waals surface area (Å²) in [6.45, 7) is 4.15. The van der Waals surface area contributed by atoms with Gasteiger partial charge in [0.1, 0.15) is 17.3 Å². The van der Waals surface area contributed by atoms with Gasteiger partial charge >= 0.3 is 0 Å². The summed E-state index contributed by atoms with van der Waals surface area (Å²) in [6, 6.07) is 8.05. The van der Waals surface area contributed by atoms with Crippen LogP contribution < -0.4 is 5.32 Å². The predicted octanol–water partition coefficient (Wildman–Crippen LogP) is 4.60. The van der Waals surface area contributed by atoms with Crippen LogP contribution in [0.5, 0.6) is 0 Å². The molecule has 0 aliphatic carbocycles. The molecule has 0 fully saturated rings. The topological polar surface area (TPSA) is 37.8 Å². The van der Waals surface area contributed by atoms with Crippen LogP contribution >= 0.6 is 34.2 Å². The van der Waals surface area contributed by atoms with E-state index in [1.54, 1.807) is 0 Å². The molecule has 0 aliphatic heterocycles. The summed E-state index contributed by atoms with van der Waals surface area (Å²) < 4.78 is 1.14. The van der Waals surface area contributed by atoms with Crippen LogP contribution in [0.25, 0.3) is 0 Å². The van der Waals surface area contributed by atoms with Gasteiger partial charge in [-0.3, -0.25) is 0 Å². The molecule has 0 saturated heterocycles. The van der Waals surface area contributed by atoms with E-state index in [1.807, 2.05) is 24.3 Å². The molecule has 0 amide bonds. The first kappa shape index (κ1) is 13.5. The van der Waals surface area contributed by atoms with Crippen molar-refractivity contribution in [3.8, 4) is 0 Å². The van der Waals surface area contributed by atoms with Crippen LogP contribution in [0.1, 0.15) is 25.3 Å². The van der Waals surface area contributed by atoms with Gasteiger partial charge in [-0.25, -0.2) is 9.97 Å². The second-order valence-corrected chi connectivity index (χ2v) is 5.71. The highest BCUT2D eigenvalue weighted by Gasteiger charge is 2.14. The molecule has 0 unspecified atom stereocenters. The molecular formula is C13H13ClIN3. The third-order valence-corrected chi connectivity index (χ3v) is 3.78.